The molecule has 0 unspecified atom stereocenters. The van der Waals surface area contributed by atoms with E-state index in [1.807, 2.05) is 19.9 Å². The molecule has 1 aromatic rings. The third kappa shape index (κ3) is 5.77. The third-order valence-electron chi connectivity index (χ3n) is 2.71. The number of hydrogen-bond acceptors (Lipinski definition) is 2. The van der Waals surface area contributed by atoms with Gasteiger partial charge in [-0.25, -0.2) is 4.39 Å². The van der Waals surface area contributed by atoms with Crippen molar-refractivity contribution in [2.24, 2.45) is 5.41 Å². The van der Waals surface area contributed by atoms with Crippen LogP contribution in [0.25, 0.3) is 0 Å². The molecule has 0 saturated carbocycles. The summed E-state index contributed by atoms with van der Waals surface area (Å²) in [7, 11) is 0. The minimum absolute atomic E-state index is 0.139. The first-order valence-corrected chi connectivity index (χ1v) is 6.06. The fraction of sp³-hybridized carbons (Fsp3) is 0.500. The summed E-state index contributed by atoms with van der Waals surface area (Å²) in [6.45, 7) is 5.17. The fourth-order valence-electron chi connectivity index (χ4n) is 1.82. The molecule has 0 bridgehead atoms. The highest BCUT2D eigenvalue weighted by atomic mass is 19.1. The molecule has 0 fully saturated rings. The Hall–Kier alpha value is -1.42. The number of carboxylic acids is 1. The predicted molar refractivity (Wildman–Crippen MR) is 69.0 cm³/mol. The molecular formula is C14H20FNO2. The zero-order valence-corrected chi connectivity index (χ0v) is 10.9. The molecule has 4 heteroatoms. The molecule has 0 heterocycles. The van der Waals surface area contributed by atoms with Gasteiger partial charge in [0.25, 0.3) is 0 Å². The Balaban J connectivity index is 2.28. The number of rotatable bonds is 7. The summed E-state index contributed by atoms with van der Waals surface area (Å²) < 4.78 is 12.9. The van der Waals surface area contributed by atoms with E-state index in [1.165, 1.54) is 12.1 Å². The van der Waals surface area contributed by atoms with E-state index in [1.54, 1.807) is 6.07 Å². The van der Waals surface area contributed by atoms with Crippen molar-refractivity contribution >= 4 is 5.97 Å². The van der Waals surface area contributed by atoms with E-state index in [-0.39, 0.29) is 17.7 Å². The highest BCUT2D eigenvalue weighted by Crippen LogP contribution is 2.18. The Labute approximate surface area is 107 Å². The van der Waals surface area contributed by atoms with E-state index in [0.717, 1.165) is 12.0 Å². The Morgan fingerprint density at radius 1 is 1.44 bits per heavy atom. The van der Waals surface area contributed by atoms with Crippen LogP contribution in [0, 0.1) is 11.2 Å². The Bertz CT molecular complexity index is 405. The second-order valence-electron chi connectivity index (χ2n) is 5.29. The van der Waals surface area contributed by atoms with Gasteiger partial charge in [0.15, 0.2) is 0 Å². The zero-order valence-electron chi connectivity index (χ0n) is 10.9. The molecule has 0 amide bonds. The standard InChI is InChI=1S/C14H20FNO2/c1-14(2,9-13(17)18)10-16-7-6-11-4-3-5-12(15)8-11/h3-5,8,16H,6-7,9-10H2,1-2H3,(H,17,18). The van der Waals surface area contributed by atoms with Crippen LogP contribution in [-0.4, -0.2) is 24.2 Å². The minimum atomic E-state index is -0.785. The summed E-state index contributed by atoms with van der Waals surface area (Å²) in [4.78, 5) is 10.6. The van der Waals surface area contributed by atoms with Gasteiger partial charge in [0.2, 0.25) is 0 Å². The topological polar surface area (TPSA) is 49.3 Å². The van der Waals surface area contributed by atoms with Gasteiger partial charge in [-0.1, -0.05) is 26.0 Å². The Morgan fingerprint density at radius 3 is 2.78 bits per heavy atom. The molecule has 100 valence electrons. The van der Waals surface area contributed by atoms with Crippen molar-refractivity contribution in [3.8, 4) is 0 Å². The van der Waals surface area contributed by atoms with Crippen molar-refractivity contribution in [1.29, 1.82) is 0 Å². The molecule has 0 aromatic heterocycles. The van der Waals surface area contributed by atoms with Gasteiger partial charge in [-0.3, -0.25) is 4.79 Å². The van der Waals surface area contributed by atoms with E-state index in [9.17, 15) is 9.18 Å². The number of halogens is 1. The van der Waals surface area contributed by atoms with Crippen LogP contribution in [-0.2, 0) is 11.2 Å². The maximum Gasteiger partial charge on any atom is 0.303 e. The number of aliphatic carboxylic acids is 1. The predicted octanol–water partition coefficient (Wildman–Crippen LogP) is 2.46. The van der Waals surface area contributed by atoms with E-state index in [0.29, 0.717) is 13.1 Å². The molecule has 0 radical (unpaired) electrons. The molecule has 0 aliphatic carbocycles. The quantitative estimate of drug-likeness (QED) is 0.734. The number of carbonyl (C=O) groups is 1. The van der Waals surface area contributed by atoms with Crippen LogP contribution >= 0.6 is 0 Å². The van der Waals surface area contributed by atoms with Crippen LogP contribution in [0.4, 0.5) is 4.39 Å². The fourth-order valence-corrected chi connectivity index (χ4v) is 1.82. The van der Waals surface area contributed by atoms with Gasteiger partial charge >= 0.3 is 5.97 Å². The van der Waals surface area contributed by atoms with Gasteiger partial charge in [0.1, 0.15) is 5.82 Å². The summed E-state index contributed by atoms with van der Waals surface area (Å²) in [6.07, 6.45) is 0.876. The molecular weight excluding hydrogens is 233 g/mol. The van der Waals surface area contributed by atoms with Crippen LogP contribution in [0.3, 0.4) is 0 Å². The monoisotopic (exact) mass is 253 g/mol. The molecule has 2 N–H and O–H groups in total. The first kappa shape index (κ1) is 14.6. The lowest BCUT2D eigenvalue weighted by Gasteiger charge is -2.22. The molecule has 1 aromatic carbocycles. The van der Waals surface area contributed by atoms with Crippen LogP contribution in [0.1, 0.15) is 25.8 Å². The lowest BCUT2D eigenvalue weighted by atomic mass is 9.89. The average Bonchev–Trinajstić information content (AvgIpc) is 2.23. The summed E-state index contributed by atoms with van der Waals surface area (Å²) >= 11 is 0. The summed E-state index contributed by atoms with van der Waals surface area (Å²) in [5.41, 5.74) is 0.673. The molecule has 1 rings (SSSR count). The van der Waals surface area contributed by atoms with Crippen LogP contribution in [0.2, 0.25) is 0 Å². The van der Waals surface area contributed by atoms with Crippen LogP contribution < -0.4 is 5.32 Å². The largest absolute Gasteiger partial charge is 0.481 e. The van der Waals surface area contributed by atoms with Gasteiger partial charge < -0.3 is 10.4 Å². The highest BCUT2D eigenvalue weighted by Gasteiger charge is 2.20. The lowest BCUT2D eigenvalue weighted by molar-refractivity contribution is -0.139. The lowest BCUT2D eigenvalue weighted by Crippen LogP contribution is -2.32. The second-order valence-corrected chi connectivity index (χ2v) is 5.29. The first-order chi connectivity index (χ1) is 8.39. The van der Waals surface area contributed by atoms with Crippen molar-refractivity contribution in [2.75, 3.05) is 13.1 Å². The molecule has 3 nitrogen and oxygen atoms in total. The maximum atomic E-state index is 12.9. The molecule has 0 aliphatic heterocycles. The average molecular weight is 253 g/mol. The summed E-state index contributed by atoms with van der Waals surface area (Å²) in [6, 6.07) is 6.52. The molecule has 0 atom stereocenters. The van der Waals surface area contributed by atoms with Gasteiger partial charge in [-0.05, 0) is 36.1 Å². The Kier molecular flexibility index (Phi) is 5.28. The number of benzene rings is 1. The van der Waals surface area contributed by atoms with Crippen molar-refractivity contribution in [3.63, 3.8) is 0 Å². The third-order valence-corrected chi connectivity index (χ3v) is 2.71. The van der Waals surface area contributed by atoms with Gasteiger partial charge in [-0.15, -0.1) is 0 Å². The summed E-state index contributed by atoms with van der Waals surface area (Å²) in [5, 5.41) is 12.0. The maximum absolute atomic E-state index is 12.9. The molecule has 0 saturated heterocycles. The number of nitrogens with one attached hydrogen (secondary N) is 1. The molecule has 0 aliphatic rings. The van der Waals surface area contributed by atoms with Crippen LogP contribution in [0.5, 0.6) is 0 Å². The van der Waals surface area contributed by atoms with Crippen molar-refractivity contribution in [1.82, 2.24) is 5.32 Å². The first-order valence-electron chi connectivity index (χ1n) is 6.06. The van der Waals surface area contributed by atoms with Gasteiger partial charge in [0, 0.05) is 6.54 Å². The van der Waals surface area contributed by atoms with Crippen LogP contribution in [0.15, 0.2) is 24.3 Å². The second kappa shape index (κ2) is 6.50. The SMILES string of the molecule is CC(C)(CNCCc1cccc(F)c1)CC(=O)O. The summed E-state index contributed by atoms with van der Waals surface area (Å²) in [5.74, 6) is -1.01. The minimum Gasteiger partial charge on any atom is -0.481 e. The van der Waals surface area contributed by atoms with Crippen molar-refractivity contribution in [2.45, 2.75) is 26.7 Å². The van der Waals surface area contributed by atoms with Crippen molar-refractivity contribution < 1.29 is 14.3 Å². The number of hydrogen-bond donors (Lipinski definition) is 2. The number of carboxylic acid groups (broad SMARTS) is 1. The van der Waals surface area contributed by atoms with E-state index < -0.39 is 5.97 Å². The van der Waals surface area contributed by atoms with E-state index >= 15 is 0 Å². The van der Waals surface area contributed by atoms with E-state index in [4.69, 9.17) is 5.11 Å². The van der Waals surface area contributed by atoms with Crippen molar-refractivity contribution in [3.05, 3.63) is 35.6 Å². The highest BCUT2D eigenvalue weighted by molar-refractivity contribution is 5.67. The smallest absolute Gasteiger partial charge is 0.303 e. The molecule has 18 heavy (non-hydrogen) atoms. The normalized spacial score (nSPS) is 11.5. The van der Waals surface area contributed by atoms with Gasteiger partial charge in [-0.2, -0.15) is 0 Å². The van der Waals surface area contributed by atoms with Gasteiger partial charge in [0.05, 0.1) is 6.42 Å². The Morgan fingerprint density at radius 2 is 2.17 bits per heavy atom. The molecule has 0 spiro atoms. The zero-order chi connectivity index (χ0) is 13.6. The van der Waals surface area contributed by atoms with E-state index in [2.05, 4.69) is 5.32 Å².